The summed E-state index contributed by atoms with van der Waals surface area (Å²) in [6.45, 7) is 0. The Kier molecular flexibility index (Phi) is 4.62. The van der Waals surface area contributed by atoms with Gasteiger partial charge in [-0.25, -0.2) is 0 Å². The van der Waals surface area contributed by atoms with E-state index in [9.17, 15) is 10.5 Å². The highest BCUT2D eigenvalue weighted by Gasteiger charge is 2.18. The van der Waals surface area contributed by atoms with Crippen LogP contribution in [0.2, 0.25) is 0 Å². The molecule has 0 aliphatic heterocycles. The Morgan fingerprint density at radius 2 is 1.27 bits per heavy atom. The second kappa shape index (κ2) is 8.33. The van der Waals surface area contributed by atoms with Crippen molar-refractivity contribution in [3.8, 4) is 29.0 Å². The lowest BCUT2D eigenvalue weighted by atomic mass is 9.98. The van der Waals surface area contributed by atoms with E-state index < -0.39 is 0 Å². The van der Waals surface area contributed by atoms with Gasteiger partial charge in [-0.1, -0.05) is 54.6 Å². The third-order valence-corrected chi connectivity index (χ3v) is 7.78. The number of aromatic nitrogens is 1. The van der Waals surface area contributed by atoms with Crippen LogP contribution in [0.4, 0.5) is 0 Å². The molecule has 6 aromatic carbocycles. The fourth-order valence-electron chi connectivity index (χ4n) is 6.01. The molecule has 0 aliphatic carbocycles. The zero-order valence-corrected chi connectivity index (χ0v) is 21.2. The Bertz CT molecular complexity index is 2380. The molecular weight excluding hydrogens is 490 g/mol. The minimum Gasteiger partial charge on any atom is -0.456 e. The van der Waals surface area contributed by atoms with Gasteiger partial charge in [-0.2, -0.15) is 10.5 Å². The summed E-state index contributed by atoms with van der Waals surface area (Å²) in [6, 6.07) is 43.4. The van der Waals surface area contributed by atoms with Gasteiger partial charge in [-0.3, -0.25) is 0 Å². The maximum absolute atomic E-state index is 9.51. The summed E-state index contributed by atoms with van der Waals surface area (Å²) in [4.78, 5) is 0. The summed E-state index contributed by atoms with van der Waals surface area (Å²) in [7, 11) is 0. The molecule has 8 rings (SSSR count). The zero-order chi connectivity index (χ0) is 26.8. The molecule has 4 nitrogen and oxygen atoms in total. The molecular formula is C36H19N3O. The first-order valence-electron chi connectivity index (χ1n) is 13.0. The molecule has 8 aromatic rings. The van der Waals surface area contributed by atoms with Crippen LogP contribution in [0.15, 0.2) is 120 Å². The van der Waals surface area contributed by atoms with Crippen molar-refractivity contribution in [2.75, 3.05) is 0 Å². The van der Waals surface area contributed by atoms with Crippen LogP contribution in [-0.2, 0) is 0 Å². The van der Waals surface area contributed by atoms with E-state index in [2.05, 4.69) is 89.5 Å². The fourth-order valence-corrected chi connectivity index (χ4v) is 6.01. The molecule has 0 saturated carbocycles. The number of rotatable bonds is 2. The third-order valence-electron chi connectivity index (χ3n) is 7.78. The first-order chi connectivity index (χ1) is 19.7. The molecule has 184 valence electrons. The molecule has 2 aromatic heterocycles. The molecule has 2 heterocycles. The monoisotopic (exact) mass is 509 g/mol. The van der Waals surface area contributed by atoms with Crippen molar-refractivity contribution in [3.63, 3.8) is 0 Å². The van der Waals surface area contributed by atoms with Crippen LogP contribution in [0.1, 0.15) is 11.1 Å². The Balaban J connectivity index is 1.47. The second-order valence-electron chi connectivity index (χ2n) is 10.1. The SMILES string of the molecule is N#Cc1cc(C#N)cc(-c2ccc3oc4cccc(-n5c6ccccc6c6cc7ccccc7cc65)c4c3c2)c1. The van der Waals surface area contributed by atoms with Gasteiger partial charge in [0.25, 0.3) is 0 Å². The first-order valence-corrected chi connectivity index (χ1v) is 13.0. The largest absolute Gasteiger partial charge is 0.456 e. The highest BCUT2D eigenvalue weighted by atomic mass is 16.3. The van der Waals surface area contributed by atoms with E-state index in [0.717, 1.165) is 49.8 Å². The van der Waals surface area contributed by atoms with Crippen molar-refractivity contribution in [2.45, 2.75) is 0 Å². The van der Waals surface area contributed by atoms with Gasteiger partial charge in [0, 0.05) is 16.2 Å². The lowest BCUT2D eigenvalue weighted by Crippen LogP contribution is -1.94. The molecule has 0 N–H and O–H groups in total. The second-order valence-corrected chi connectivity index (χ2v) is 10.1. The van der Waals surface area contributed by atoms with Gasteiger partial charge < -0.3 is 8.98 Å². The average Bonchev–Trinajstić information content (AvgIpc) is 3.54. The van der Waals surface area contributed by atoms with Crippen molar-refractivity contribution in [1.29, 1.82) is 10.5 Å². The summed E-state index contributed by atoms with van der Waals surface area (Å²) >= 11 is 0. The van der Waals surface area contributed by atoms with Crippen LogP contribution in [0.3, 0.4) is 0 Å². The molecule has 0 unspecified atom stereocenters. The van der Waals surface area contributed by atoms with E-state index in [1.54, 1.807) is 6.07 Å². The summed E-state index contributed by atoms with van der Waals surface area (Å²) in [5.41, 5.74) is 7.57. The van der Waals surface area contributed by atoms with E-state index >= 15 is 0 Å². The van der Waals surface area contributed by atoms with Crippen molar-refractivity contribution in [1.82, 2.24) is 4.57 Å². The van der Waals surface area contributed by atoms with Crippen molar-refractivity contribution in [2.24, 2.45) is 0 Å². The maximum Gasteiger partial charge on any atom is 0.137 e. The number of hydrogen-bond donors (Lipinski definition) is 0. The maximum atomic E-state index is 9.51. The Morgan fingerprint density at radius 1 is 0.525 bits per heavy atom. The number of furan rings is 1. The van der Waals surface area contributed by atoms with Crippen LogP contribution in [0, 0.1) is 22.7 Å². The normalized spacial score (nSPS) is 11.4. The van der Waals surface area contributed by atoms with Gasteiger partial charge in [0.2, 0.25) is 0 Å². The van der Waals surface area contributed by atoms with Gasteiger partial charge in [0.05, 0.1) is 45.4 Å². The molecule has 0 spiro atoms. The van der Waals surface area contributed by atoms with E-state index in [4.69, 9.17) is 4.42 Å². The number of fused-ring (bicyclic) bond motifs is 7. The number of nitrogens with zero attached hydrogens (tertiary/aromatic N) is 3. The van der Waals surface area contributed by atoms with Crippen molar-refractivity contribution < 1.29 is 4.42 Å². The first kappa shape index (κ1) is 22.2. The third kappa shape index (κ3) is 3.18. The van der Waals surface area contributed by atoms with Gasteiger partial charge >= 0.3 is 0 Å². The molecule has 0 saturated heterocycles. The molecule has 0 aliphatic rings. The summed E-state index contributed by atoms with van der Waals surface area (Å²) in [5.74, 6) is 0. The lowest BCUT2D eigenvalue weighted by Gasteiger charge is -2.10. The van der Waals surface area contributed by atoms with Gasteiger partial charge in [0.15, 0.2) is 0 Å². The van der Waals surface area contributed by atoms with E-state index in [0.29, 0.717) is 11.1 Å². The smallest absolute Gasteiger partial charge is 0.137 e. The predicted octanol–water partition coefficient (Wildman–Crippen LogP) is 9.25. The average molecular weight is 510 g/mol. The Labute approximate surface area is 229 Å². The Morgan fingerprint density at radius 3 is 2.08 bits per heavy atom. The Hall–Kier alpha value is -5.84. The van der Waals surface area contributed by atoms with Crippen LogP contribution in [0.5, 0.6) is 0 Å². The van der Waals surface area contributed by atoms with E-state index in [-0.39, 0.29) is 0 Å². The summed E-state index contributed by atoms with van der Waals surface area (Å²) in [5, 5.41) is 25.8. The van der Waals surface area contributed by atoms with Gasteiger partial charge in [-0.15, -0.1) is 0 Å². The number of hydrogen-bond acceptors (Lipinski definition) is 3. The van der Waals surface area contributed by atoms with Crippen LogP contribution in [-0.4, -0.2) is 4.57 Å². The van der Waals surface area contributed by atoms with Crippen LogP contribution >= 0.6 is 0 Å². The molecule has 0 amide bonds. The fraction of sp³-hybridized carbons (Fsp3) is 0. The lowest BCUT2D eigenvalue weighted by molar-refractivity contribution is 0.669. The minimum absolute atomic E-state index is 0.462. The molecule has 4 heteroatoms. The number of benzene rings is 6. The summed E-state index contributed by atoms with van der Waals surface area (Å²) in [6.07, 6.45) is 0. The highest BCUT2D eigenvalue weighted by Crippen LogP contribution is 2.40. The molecule has 40 heavy (non-hydrogen) atoms. The topological polar surface area (TPSA) is 65.7 Å². The quantitative estimate of drug-likeness (QED) is 0.233. The predicted molar refractivity (Wildman–Crippen MR) is 160 cm³/mol. The van der Waals surface area contributed by atoms with E-state index in [1.807, 2.05) is 36.4 Å². The van der Waals surface area contributed by atoms with E-state index in [1.165, 1.54) is 21.5 Å². The van der Waals surface area contributed by atoms with Gasteiger partial charge in [-0.05, 0) is 82.6 Å². The molecule has 0 radical (unpaired) electrons. The van der Waals surface area contributed by atoms with Crippen LogP contribution in [0.25, 0.3) is 71.3 Å². The van der Waals surface area contributed by atoms with Crippen molar-refractivity contribution in [3.05, 3.63) is 126 Å². The summed E-state index contributed by atoms with van der Waals surface area (Å²) < 4.78 is 8.69. The van der Waals surface area contributed by atoms with Crippen LogP contribution < -0.4 is 0 Å². The molecule has 0 atom stereocenters. The number of nitriles is 2. The molecule has 0 bridgehead atoms. The number of para-hydroxylation sites is 1. The van der Waals surface area contributed by atoms with Gasteiger partial charge in [0.1, 0.15) is 11.2 Å². The standard InChI is InChI=1S/C36H19N3O/c37-20-22-14-23(21-38)16-27(15-22)26-12-13-34-30(18-26)36-32(10-5-11-35(36)40-34)39-31-9-4-3-8-28(31)29-17-24-6-1-2-7-25(24)19-33(29)39/h1-19H. The minimum atomic E-state index is 0.462. The highest BCUT2D eigenvalue weighted by molar-refractivity contribution is 6.17. The van der Waals surface area contributed by atoms with Crippen molar-refractivity contribution >= 4 is 54.5 Å². The zero-order valence-electron chi connectivity index (χ0n) is 21.2. The molecule has 0 fully saturated rings.